The van der Waals surface area contributed by atoms with Gasteiger partial charge in [0.1, 0.15) is 0 Å². The van der Waals surface area contributed by atoms with E-state index < -0.39 is 11.6 Å². The molecule has 1 aliphatic carbocycles. The summed E-state index contributed by atoms with van der Waals surface area (Å²) in [5, 5.41) is 0. The fraction of sp³-hybridized carbons (Fsp3) is 0.286. The van der Waals surface area contributed by atoms with Gasteiger partial charge < -0.3 is 14.4 Å². The predicted octanol–water partition coefficient (Wildman–Crippen LogP) is 5.10. The zero-order valence-corrected chi connectivity index (χ0v) is 20.4. The third-order valence-corrected chi connectivity index (χ3v) is 7.22. The van der Waals surface area contributed by atoms with Crippen molar-refractivity contribution in [2.75, 3.05) is 32.2 Å². The van der Waals surface area contributed by atoms with Crippen molar-refractivity contribution >= 4 is 5.69 Å². The quantitative estimate of drug-likeness (QED) is 0.349. The van der Waals surface area contributed by atoms with Crippen LogP contribution in [0.1, 0.15) is 40.9 Å². The van der Waals surface area contributed by atoms with Gasteiger partial charge in [0.15, 0.2) is 34.8 Å². The van der Waals surface area contributed by atoms with Crippen molar-refractivity contribution in [3.8, 4) is 23.1 Å². The molecule has 37 heavy (non-hydrogen) atoms. The predicted molar refractivity (Wildman–Crippen MR) is 134 cm³/mol. The zero-order valence-electron chi connectivity index (χ0n) is 20.4. The second kappa shape index (κ2) is 9.38. The first kappa shape index (κ1) is 23.3. The first-order valence-corrected chi connectivity index (χ1v) is 12.1. The lowest BCUT2D eigenvalue weighted by atomic mass is 9.90. The van der Waals surface area contributed by atoms with Gasteiger partial charge in [-0.1, -0.05) is 6.07 Å². The largest absolute Gasteiger partial charge is 0.493 e. The van der Waals surface area contributed by atoms with Gasteiger partial charge in [-0.25, -0.2) is 28.7 Å². The number of hydrogen-bond acceptors (Lipinski definition) is 7. The van der Waals surface area contributed by atoms with Gasteiger partial charge in [0.05, 0.1) is 19.9 Å². The number of benzene rings is 2. The molecule has 9 heteroatoms. The molecule has 7 nitrogen and oxygen atoms in total. The molecule has 1 aliphatic heterocycles. The Morgan fingerprint density at radius 2 is 1.46 bits per heavy atom. The molecule has 0 radical (unpaired) electrons. The lowest BCUT2D eigenvalue weighted by Gasteiger charge is -2.41. The molecule has 1 saturated heterocycles. The van der Waals surface area contributed by atoms with Gasteiger partial charge in [0.2, 0.25) is 0 Å². The molecule has 0 unspecified atom stereocenters. The van der Waals surface area contributed by atoms with Crippen molar-refractivity contribution in [3.05, 3.63) is 89.5 Å². The number of nitrogens with zero attached hydrogens (tertiary/aromatic N) is 5. The van der Waals surface area contributed by atoms with Crippen LogP contribution in [-0.2, 0) is 0 Å². The van der Waals surface area contributed by atoms with E-state index in [4.69, 9.17) is 9.47 Å². The van der Waals surface area contributed by atoms with E-state index in [-0.39, 0.29) is 17.8 Å². The number of halogens is 2. The first-order valence-electron chi connectivity index (χ1n) is 12.1. The molecule has 2 aromatic carbocycles. The third-order valence-electron chi connectivity index (χ3n) is 7.22. The van der Waals surface area contributed by atoms with Gasteiger partial charge in [0.25, 0.3) is 0 Å². The van der Waals surface area contributed by atoms with Crippen LogP contribution < -0.4 is 14.4 Å². The summed E-state index contributed by atoms with van der Waals surface area (Å²) in [4.78, 5) is 19.0. The molecule has 2 fully saturated rings. The van der Waals surface area contributed by atoms with Crippen LogP contribution >= 0.6 is 0 Å². The molecule has 0 amide bonds. The fourth-order valence-electron chi connectivity index (χ4n) is 5.02. The van der Waals surface area contributed by atoms with E-state index in [2.05, 4.69) is 19.9 Å². The standard InChI is InChI=1S/C28H25F2N5O2/c1-36-24-5-4-16(10-25(24)37-2)19-14-35(15-19)23-9-17(8-22(29)26(23)30)20-11-21(20)18-12-33-28(34-13-18)27-31-6-3-7-32-27/h3-10,12-13,19-21H,11,14-15H2,1-2H3/t20-,21+/m1/s1. The van der Waals surface area contributed by atoms with Crippen molar-refractivity contribution in [1.82, 2.24) is 19.9 Å². The van der Waals surface area contributed by atoms with Gasteiger partial charge in [-0.2, -0.15) is 0 Å². The summed E-state index contributed by atoms with van der Waals surface area (Å²) < 4.78 is 40.2. The Balaban J connectivity index is 1.16. The van der Waals surface area contributed by atoms with E-state index in [1.807, 2.05) is 23.1 Å². The van der Waals surface area contributed by atoms with Crippen molar-refractivity contribution in [3.63, 3.8) is 0 Å². The summed E-state index contributed by atoms with van der Waals surface area (Å²) in [5.41, 5.74) is 3.15. The third kappa shape index (κ3) is 4.34. The van der Waals surface area contributed by atoms with E-state index in [1.54, 1.807) is 51.1 Å². The molecule has 1 saturated carbocycles. The normalized spacial score (nSPS) is 18.9. The SMILES string of the molecule is COc1ccc(C2CN(c3cc([C@H]4C[C@H]4c4cnc(-c5ncccn5)nc4)cc(F)c3F)C2)cc1OC. The second-order valence-corrected chi connectivity index (χ2v) is 9.41. The Kier molecular flexibility index (Phi) is 5.90. The average Bonchev–Trinajstić information content (AvgIpc) is 3.72. The van der Waals surface area contributed by atoms with Crippen molar-refractivity contribution in [2.45, 2.75) is 24.2 Å². The molecule has 2 aromatic heterocycles. The summed E-state index contributed by atoms with van der Waals surface area (Å²) >= 11 is 0. The Morgan fingerprint density at radius 3 is 2.16 bits per heavy atom. The van der Waals surface area contributed by atoms with Gasteiger partial charge in [-0.3, -0.25) is 0 Å². The molecule has 0 spiro atoms. The Labute approximate surface area is 213 Å². The van der Waals surface area contributed by atoms with Gasteiger partial charge in [-0.05, 0) is 65.3 Å². The zero-order chi connectivity index (χ0) is 25.5. The summed E-state index contributed by atoms with van der Waals surface area (Å²) in [6.45, 7) is 1.19. The highest BCUT2D eigenvalue weighted by Gasteiger charge is 2.41. The van der Waals surface area contributed by atoms with Crippen LogP contribution in [0.3, 0.4) is 0 Å². The van der Waals surface area contributed by atoms with Gasteiger partial charge in [-0.15, -0.1) is 0 Å². The minimum absolute atomic E-state index is 0.0965. The maximum absolute atomic E-state index is 14.8. The van der Waals surface area contributed by atoms with E-state index in [0.29, 0.717) is 41.9 Å². The average molecular weight is 502 g/mol. The number of rotatable bonds is 7. The molecule has 0 bridgehead atoms. The molecule has 3 heterocycles. The summed E-state index contributed by atoms with van der Waals surface area (Å²) in [5.74, 6) is 1.08. The number of methoxy groups -OCH3 is 2. The summed E-state index contributed by atoms with van der Waals surface area (Å²) in [7, 11) is 3.20. The van der Waals surface area contributed by atoms with Gasteiger partial charge in [0, 0.05) is 43.8 Å². The highest BCUT2D eigenvalue weighted by molar-refractivity contribution is 5.57. The molecule has 4 aromatic rings. The number of ether oxygens (including phenoxy) is 2. The monoisotopic (exact) mass is 501 g/mol. The summed E-state index contributed by atoms with van der Waals surface area (Å²) in [6, 6.07) is 10.7. The van der Waals surface area contributed by atoms with E-state index in [1.165, 1.54) is 6.07 Å². The van der Waals surface area contributed by atoms with Crippen molar-refractivity contribution in [2.24, 2.45) is 0 Å². The summed E-state index contributed by atoms with van der Waals surface area (Å²) in [6.07, 6.45) is 7.67. The van der Waals surface area contributed by atoms with E-state index >= 15 is 0 Å². The minimum atomic E-state index is -0.819. The maximum atomic E-state index is 14.8. The lowest BCUT2D eigenvalue weighted by Crippen LogP contribution is -2.45. The lowest BCUT2D eigenvalue weighted by molar-refractivity contribution is 0.353. The number of hydrogen-bond donors (Lipinski definition) is 0. The molecular weight excluding hydrogens is 476 g/mol. The molecule has 188 valence electrons. The molecule has 2 atom stereocenters. The van der Waals surface area contributed by atoms with Crippen LogP contribution in [-0.4, -0.2) is 47.2 Å². The topological polar surface area (TPSA) is 73.3 Å². The van der Waals surface area contributed by atoms with Crippen LogP contribution in [0.15, 0.2) is 61.2 Å². The Bertz CT molecular complexity index is 1430. The maximum Gasteiger partial charge on any atom is 0.197 e. The van der Waals surface area contributed by atoms with Crippen LogP contribution in [0, 0.1) is 11.6 Å². The van der Waals surface area contributed by atoms with E-state index in [9.17, 15) is 8.78 Å². The smallest absolute Gasteiger partial charge is 0.197 e. The fourth-order valence-corrected chi connectivity index (χ4v) is 5.02. The Morgan fingerprint density at radius 1 is 0.784 bits per heavy atom. The first-order chi connectivity index (χ1) is 18.1. The van der Waals surface area contributed by atoms with Crippen LogP contribution in [0.2, 0.25) is 0 Å². The highest BCUT2D eigenvalue weighted by Crippen LogP contribution is 2.55. The van der Waals surface area contributed by atoms with Crippen molar-refractivity contribution < 1.29 is 18.3 Å². The van der Waals surface area contributed by atoms with E-state index in [0.717, 1.165) is 23.1 Å². The van der Waals surface area contributed by atoms with Crippen LogP contribution in [0.25, 0.3) is 11.6 Å². The molecule has 0 N–H and O–H groups in total. The Hall–Kier alpha value is -4.14. The second-order valence-electron chi connectivity index (χ2n) is 9.41. The number of anilines is 1. The molecule has 2 aliphatic rings. The number of aromatic nitrogens is 4. The van der Waals surface area contributed by atoms with Gasteiger partial charge >= 0.3 is 0 Å². The van der Waals surface area contributed by atoms with Crippen molar-refractivity contribution in [1.29, 1.82) is 0 Å². The van der Waals surface area contributed by atoms with Crippen LogP contribution in [0.5, 0.6) is 11.5 Å². The molecular formula is C28H25F2N5O2. The molecule has 6 rings (SSSR count). The van der Waals surface area contributed by atoms with Crippen LogP contribution in [0.4, 0.5) is 14.5 Å². The minimum Gasteiger partial charge on any atom is -0.493 e. The highest BCUT2D eigenvalue weighted by atomic mass is 19.2.